The average molecular weight is 112 g/mol. The van der Waals surface area contributed by atoms with Crippen molar-refractivity contribution in [3.05, 3.63) is 0 Å². The summed E-state index contributed by atoms with van der Waals surface area (Å²) in [5, 5.41) is 3.38. The largest absolute Gasteiger partial charge is 0.326 e. The first kappa shape index (κ1) is 4.77. The highest BCUT2D eigenvalue weighted by atomic mass is 15.0. The third kappa shape index (κ3) is 0.501. The first-order chi connectivity index (χ1) is 3.86. The molecule has 2 heteroatoms. The molecule has 1 aliphatic heterocycles. The maximum absolute atomic E-state index is 5.76. The van der Waals surface area contributed by atoms with Gasteiger partial charge in [0.25, 0.3) is 0 Å². The van der Waals surface area contributed by atoms with E-state index in [1.54, 1.807) is 0 Å². The molecule has 2 nitrogen and oxygen atoms in total. The van der Waals surface area contributed by atoms with Gasteiger partial charge in [0.05, 0.1) is 0 Å². The number of hydrogen-bond acceptors (Lipinski definition) is 2. The van der Waals surface area contributed by atoms with Crippen molar-refractivity contribution in [3.8, 4) is 0 Å². The van der Waals surface area contributed by atoms with Crippen LogP contribution in [-0.2, 0) is 0 Å². The third-order valence-corrected chi connectivity index (χ3v) is 2.38. The minimum atomic E-state index is 0.466. The first-order valence-electron chi connectivity index (χ1n) is 3.35. The van der Waals surface area contributed by atoms with Crippen molar-refractivity contribution in [2.75, 3.05) is 6.54 Å². The van der Waals surface area contributed by atoms with Gasteiger partial charge in [-0.15, -0.1) is 0 Å². The molecule has 3 atom stereocenters. The standard InChI is InChI=1S/C6H12N2/c7-5-1-4-2-6(5)8-3-4/h4-6,8H,1-3,7H2/t4-,5-,6-/m1/s1. The molecule has 1 saturated heterocycles. The zero-order valence-electron chi connectivity index (χ0n) is 4.93. The van der Waals surface area contributed by atoms with Gasteiger partial charge in [-0.3, -0.25) is 0 Å². The van der Waals surface area contributed by atoms with Crippen molar-refractivity contribution in [1.29, 1.82) is 0 Å². The van der Waals surface area contributed by atoms with Gasteiger partial charge in [0.15, 0.2) is 0 Å². The summed E-state index contributed by atoms with van der Waals surface area (Å²) in [6, 6.07) is 1.13. The second kappa shape index (κ2) is 1.45. The molecule has 2 rings (SSSR count). The molecule has 0 aromatic carbocycles. The summed E-state index contributed by atoms with van der Waals surface area (Å²) >= 11 is 0. The highest BCUT2D eigenvalue weighted by Gasteiger charge is 2.36. The molecule has 1 heterocycles. The molecular formula is C6H12N2. The molecule has 0 unspecified atom stereocenters. The van der Waals surface area contributed by atoms with Crippen molar-refractivity contribution < 1.29 is 0 Å². The molecule has 2 aliphatic rings. The number of rotatable bonds is 0. The maximum Gasteiger partial charge on any atom is 0.0222 e. The molecule has 1 saturated carbocycles. The summed E-state index contributed by atoms with van der Waals surface area (Å²) in [6.45, 7) is 1.22. The lowest BCUT2D eigenvalue weighted by molar-refractivity contribution is 0.446. The van der Waals surface area contributed by atoms with Crippen LogP contribution in [0.2, 0.25) is 0 Å². The van der Waals surface area contributed by atoms with Crippen LogP contribution < -0.4 is 11.1 Å². The molecule has 2 fully saturated rings. The minimum absolute atomic E-state index is 0.466. The van der Waals surface area contributed by atoms with Gasteiger partial charge in [-0.05, 0) is 25.3 Å². The summed E-state index contributed by atoms with van der Waals surface area (Å²) < 4.78 is 0. The smallest absolute Gasteiger partial charge is 0.0222 e. The van der Waals surface area contributed by atoms with Gasteiger partial charge < -0.3 is 11.1 Å². The van der Waals surface area contributed by atoms with Gasteiger partial charge in [-0.2, -0.15) is 0 Å². The predicted octanol–water partition coefficient (Wildman–Crippen LogP) is -0.305. The van der Waals surface area contributed by atoms with Crippen molar-refractivity contribution >= 4 is 0 Å². The van der Waals surface area contributed by atoms with Crippen LogP contribution in [-0.4, -0.2) is 18.6 Å². The fourth-order valence-electron chi connectivity index (χ4n) is 1.90. The zero-order valence-corrected chi connectivity index (χ0v) is 4.93. The summed E-state index contributed by atoms with van der Waals surface area (Å²) in [4.78, 5) is 0. The number of piperidine rings is 1. The van der Waals surface area contributed by atoms with Crippen LogP contribution in [0.3, 0.4) is 0 Å². The predicted molar refractivity (Wildman–Crippen MR) is 32.5 cm³/mol. The highest BCUT2D eigenvalue weighted by molar-refractivity contribution is 4.97. The first-order valence-corrected chi connectivity index (χ1v) is 3.35. The Morgan fingerprint density at radius 3 is 2.50 bits per heavy atom. The van der Waals surface area contributed by atoms with Gasteiger partial charge in [0.1, 0.15) is 0 Å². The monoisotopic (exact) mass is 112 g/mol. The normalized spacial score (nSPS) is 52.9. The second-order valence-electron chi connectivity index (χ2n) is 3.02. The van der Waals surface area contributed by atoms with Crippen LogP contribution in [0.4, 0.5) is 0 Å². The van der Waals surface area contributed by atoms with Crippen LogP contribution >= 0.6 is 0 Å². The SMILES string of the molecule is N[C@@H]1C[C@H]2CN[C@@H]1C2. The van der Waals surface area contributed by atoms with E-state index in [2.05, 4.69) is 5.32 Å². The van der Waals surface area contributed by atoms with E-state index < -0.39 is 0 Å². The van der Waals surface area contributed by atoms with E-state index in [1.807, 2.05) is 0 Å². The van der Waals surface area contributed by atoms with E-state index in [4.69, 9.17) is 5.73 Å². The van der Waals surface area contributed by atoms with E-state index >= 15 is 0 Å². The van der Waals surface area contributed by atoms with Crippen molar-refractivity contribution in [3.63, 3.8) is 0 Å². The van der Waals surface area contributed by atoms with E-state index in [9.17, 15) is 0 Å². The van der Waals surface area contributed by atoms with Gasteiger partial charge in [0.2, 0.25) is 0 Å². The molecule has 0 aromatic rings. The summed E-state index contributed by atoms with van der Waals surface area (Å²) in [5.41, 5.74) is 5.76. The fraction of sp³-hybridized carbons (Fsp3) is 1.00. The molecule has 1 aliphatic carbocycles. The average Bonchev–Trinajstić information content (AvgIpc) is 2.23. The summed E-state index contributed by atoms with van der Waals surface area (Å²) in [7, 11) is 0. The van der Waals surface area contributed by atoms with Crippen molar-refractivity contribution in [2.24, 2.45) is 11.7 Å². The second-order valence-corrected chi connectivity index (χ2v) is 3.02. The molecule has 0 spiro atoms. The van der Waals surface area contributed by atoms with Crippen LogP contribution in [0.25, 0.3) is 0 Å². The third-order valence-electron chi connectivity index (χ3n) is 2.38. The van der Waals surface area contributed by atoms with E-state index in [0.29, 0.717) is 12.1 Å². The summed E-state index contributed by atoms with van der Waals surface area (Å²) in [6.07, 6.45) is 2.60. The van der Waals surface area contributed by atoms with Crippen molar-refractivity contribution in [1.82, 2.24) is 5.32 Å². The molecular weight excluding hydrogens is 100 g/mol. The number of fused-ring (bicyclic) bond motifs is 2. The van der Waals surface area contributed by atoms with Gasteiger partial charge in [-0.25, -0.2) is 0 Å². The highest BCUT2D eigenvalue weighted by Crippen LogP contribution is 2.29. The van der Waals surface area contributed by atoms with E-state index in [1.165, 1.54) is 19.4 Å². The van der Waals surface area contributed by atoms with Crippen molar-refractivity contribution in [2.45, 2.75) is 24.9 Å². The number of nitrogens with two attached hydrogens (primary N) is 1. The maximum atomic E-state index is 5.76. The van der Waals surface area contributed by atoms with Gasteiger partial charge >= 0.3 is 0 Å². The van der Waals surface area contributed by atoms with Crippen LogP contribution in [0.5, 0.6) is 0 Å². The van der Waals surface area contributed by atoms with Crippen LogP contribution in [0.1, 0.15) is 12.8 Å². The zero-order chi connectivity index (χ0) is 5.56. The molecule has 0 amide bonds. The molecule has 0 radical (unpaired) electrons. The lowest BCUT2D eigenvalue weighted by Gasteiger charge is -2.17. The lowest BCUT2D eigenvalue weighted by atomic mass is 10.1. The Balaban J connectivity index is 2.11. The fourth-order valence-corrected chi connectivity index (χ4v) is 1.90. The van der Waals surface area contributed by atoms with E-state index in [0.717, 1.165) is 5.92 Å². The Morgan fingerprint density at radius 2 is 2.25 bits per heavy atom. The van der Waals surface area contributed by atoms with Crippen LogP contribution in [0, 0.1) is 5.92 Å². The lowest BCUT2D eigenvalue weighted by Crippen LogP contribution is -2.42. The quantitative estimate of drug-likeness (QED) is 0.451. The van der Waals surface area contributed by atoms with Gasteiger partial charge in [0, 0.05) is 12.1 Å². The Hall–Kier alpha value is -0.0800. The summed E-state index contributed by atoms with van der Waals surface area (Å²) in [5.74, 6) is 0.912. The molecule has 46 valence electrons. The Bertz CT molecular complexity index is 101. The molecule has 0 aromatic heterocycles. The molecule has 2 bridgehead atoms. The molecule has 3 N–H and O–H groups in total. The molecule has 8 heavy (non-hydrogen) atoms. The Morgan fingerprint density at radius 1 is 1.38 bits per heavy atom. The Labute approximate surface area is 49.4 Å². The topological polar surface area (TPSA) is 38.0 Å². The number of hydrogen-bond donors (Lipinski definition) is 2. The minimum Gasteiger partial charge on any atom is -0.326 e. The van der Waals surface area contributed by atoms with Crippen LogP contribution in [0.15, 0.2) is 0 Å². The van der Waals surface area contributed by atoms with Gasteiger partial charge in [-0.1, -0.05) is 0 Å². The van der Waals surface area contributed by atoms with E-state index in [-0.39, 0.29) is 0 Å². The Kier molecular flexibility index (Phi) is 0.866. The number of nitrogens with one attached hydrogen (secondary N) is 1.